The quantitative estimate of drug-likeness (QED) is 0.136. The molecule has 0 aromatic heterocycles. The van der Waals surface area contributed by atoms with E-state index in [1.54, 1.807) is 27.7 Å². The first kappa shape index (κ1) is 29.8. The number of carbonyl (C=O) groups excluding carboxylic acids is 5. The molecule has 13 nitrogen and oxygen atoms in total. The molecule has 0 spiro atoms. The number of carbonyl (C=O) groups is 6. The first-order chi connectivity index (χ1) is 15.2. The molecular formula is C20H36N6O7. The van der Waals surface area contributed by atoms with Gasteiger partial charge in [0.15, 0.2) is 0 Å². The number of rotatable bonds is 15. The van der Waals surface area contributed by atoms with Crippen LogP contribution in [0.2, 0.25) is 0 Å². The molecule has 0 aliphatic heterocycles. The van der Waals surface area contributed by atoms with Gasteiger partial charge in [-0.25, -0.2) is 4.79 Å². The van der Waals surface area contributed by atoms with E-state index in [1.807, 2.05) is 0 Å². The van der Waals surface area contributed by atoms with Crippen molar-refractivity contribution in [2.45, 2.75) is 77.5 Å². The van der Waals surface area contributed by atoms with E-state index in [0.29, 0.717) is 0 Å². The maximum absolute atomic E-state index is 12.9. The Hall–Kier alpha value is -3.22. The van der Waals surface area contributed by atoms with Crippen molar-refractivity contribution in [3.63, 3.8) is 0 Å². The summed E-state index contributed by atoms with van der Waals surface area (Å²) in [5.41, 5.74) is 16.1. The van der Waals surface area contributed by atoms with Crippen molar-refractivity contribution in [2.75, 3.05) is 0 Å². The third-order valence-electron chi connectivity index (χ3n) is 4.88. The van der Waals surface area contributed by atoms with E-state index in [2.05, 4.69) is 16.0 Å². The van der Waals surface area contributed by atoms with Gasteiger partial charge in [-0.2, -0.15) is 0 Å². The van der Waals surface area contributed by atoms with Gasteiger partial charge in [-0.15, -0.1) is 0 Å². The number of amides is 5. The minimum atomic E-state index is -1.32. The van der Waals surface area contributed by atoms with Crippen LogP contribution in [0.4, 0.5) is 0 Å². The highest BCUT2D eigenvalue weighted by Gasteiger charge is 2.31. The monoisotopic (exact) mass is 472 g/mol. The van der Waals surface area contributed by atoms with E-state index < -0.39 is 65.6 Å². The Balaban J connectivity index is 5.63. The zero-order valence-corrected chi connectivity index (χ0v) is 19.4. The minimum Gasteiger partial charge on any atom is -0.480 e. The highest BCUT2D eigenvalue weighted by Crippen LogP contribution is 2.07. The Morgan fingerprint density at radius 2 is 1.09 bits per heavy atom. The second kappa shape index (κ2) is 14.0. The van der Waals surface area contributed by atoms with Crippen LogP contribution < -0.4 is 33.2 Å². The maximum Gasteiger partial charge on any atom is 0.326 e. The Labute approximate surface area is 192 Å². The van der Waals surface area contributed by atoms with Crippen LogP contribution in [-0.2, 0) is 28.8 Å². The fraction of sp³-hybridized carbons (Fsp3) is 0.700. The predicted molar refractivity (Wildman–Crippen MR) is 118 cm³/mol. The lowest BCUT2D eigenvalue weighted by Crippen LogP contribution is -2.58. The van der Waals surface area contributed by atoms with Crippen LogP contribution in [0.15, 0.2) is 0 Å². The van der Waals surface area contributed by atoms with E-state index in [0.717, 1.165) is 0 Å². The molecular weight excluding hydrogens is 436 g/mol. The number of aliphatic carboxylic acids is 1. The van der Waals surface area contributed by atoms with Crippen LogP contribution in [0.25, 0.3) is 0 Å². The molecule has 0 saturated heterocycles. The Kier molecular flexibility index (Phi) is 12.7. The number of carboxylic acids is 1. The molecule has 33 heavy (non-hydrogen) atoms. The number of carboxylic acid groups (broad SMARTS) is 1. The average molecular weight is 473 g/mol. The molecule has 0 fully saturated rings. The van der Waals surface area contributed by atoms with Crippen LogP contribution in [0, 0.1) is 11.8 Å². The third kappa shape index (κ3) is 11.3. The van der Waals surface area contributed by atoms with Gasteiger partial charge in [0.1, 0.15) is 18.1 Å². The first-order valence-corrected chi connectivity index (χ1v) is 10.6. The fourth-order valence-corrected chi connectivity index (χ4v) is 2.72. The van der Waals surface area contributed by atoms with Crippen molar-refractivity contribution >= 4 is 35.5 Å². The standard InChI is InChI=1S/C20H36N6O7/c1-9(2)15(23)19(31)25-11(5-7-13(21)27)17(29)24-12(6-8-14(22)28)18(30)26-16(10(3)4)20(32)33/h9-12,15-16H,5-8,23H2,1-4H3,(H2,21,27)(H2,22,28)(H,24,29)(H,25,31)(H,26,30)(H,32,33). The summed E-state index contributed by atoms with van der Waals surface area (Å²) in [5, 5.41) is 16.5. The minimum absolute atomic E-state index is 0.161. The summed E-state index contributed by atoms with van der Waals surface area (Å²) in [6.45, 7) is 6.59. The number of hydrogen-bond donors (Lipinski definition) is 7. The van der Waals surface area contributed by atoms with Gasteiger partial charge in [-0.1, -0.05) is 27.7 Å². The summed E-state index contributed by atoms with van der Waals surface area (Å²) in [6, 6.07) is -4.73. The molecule has 0 saturated carbocycles. The van der Waals surface area contributed by atoms with Gasteiger partial charge < -0.3 is 38.3 Å². The molecule has 4 unspecified atom stereocenters. The predicted octanol–water partition coefficient (Wildman–Crippen LogP) is -2.30. The summed E-state index contributed by atoms with van der Waals surface area (Å²) in [4.78, 5) is 71.7. The van der Waals surface area contributed by atoms with Crippen molar-refractivity contribution in [2.24, 2.45) is 29.0 Å². The Morgan fingerprint density at radius 1 is 0.697 bits per heavy atom. The van der Waals surface area contributed by atoms with Crippen molar-refractivity contribution in [3.05, 3.63) is 0 Å². The molecule has 0 aromatic carbocycles. The fourth-order valence-electron chi connectivity index (χ4n) is 2.72. The molecule has 5 amide bonds. The van der Waals surface area contributed by atoms with E-state index in [1.165, 1.54) is 0 Å². The lowest BCUT2D eigenvalue weighted by Gasteiger charge is -2.26. The third-order valence-corrected chi connectivity index (χ3v) is 4.88. The summed E-state index contributed by atoms with van der Waals surface area (Å²) >= 11 is 0. The largest absolute Gasteiger partial charge is 0.480 e. The van der Waals surface area contributed by atoms with Gasteiger partial charge in [0.05, 0.1) is 6.04 Å². The number of primary amides is 2. The van der Waals surface area contributed by atoms with Crippen molar-refractivity contribution < 1.29 is 33.9 Å². The average Bonchev–Trinajstić information content (AvgIpc) is 2.69. The SMILES string of the molecule is CC(C)C(N)C(=O)NC(CCC(N)=O)C(=O)NC(CCC(N)=O)C(=O)NC(C(=O)O)C(C)C. The molecule has 4 atom stereocenters. The lowest BCUT2D eigenvalue weighted by atomic mass is 10.0. The van der Waals surface area contributed by atoms with Gasteiger partial charge in [0.2, 0.25) is 29.5 Å². The van der Waals surface area contributed by atoms with E-state index in [9.17, 15) is 33.9 Å². The van der Waals surface area contributed by atoms with E-state index in [4.69, 9.17) is 17.2 Å². The van der Waals surface area contributed by atoms with Crippen LogP contribution in [0.1, 0.15) is 53.4 Å². The van der Waals surface area contributed by atoms with Crippen LogP contribution in [0.3, 0.4) is 0 Å². The first-order valence-electron chi connectivity index (χ1n) is 10.6. The number of hydrogen-bond acceptors (Lipinski definition) is 7. The molecule has 0 rings (SSSR count). The highest BCUT2D eigenvalue weighted by molar-refractivity contribution is 5.94. The van der Waals surface area contributed by atoms with Crippen molar-refractivity contribution in [1.82, 2.24) is 16.0 Å². The normalized spacial score (nSPS) is 14.6. The van der Waals surface area contributed by atoms with Gasteiger partial charge >= 0.3 is 5.97 Å². The van der Waals surface area contributed by atoms with Crippen LogP contribution in [-0.4, -0.2) is 64.8 Å². The van der Waals surface area contributed by atoms with Gasteiger partial charge in [-0.05, 0) is 24.7 Å². The Morgan fingerprint density at radius 3 is 1.42 bits per heavy atom. The van der Waals surface area contributed by atoms with Gasteiger partial charge in [0.25, 0.3) is 0 Å². The summed E-state index contributed by atoms with van der Waals surface area (Å²) in [7, 11) is 0. The molecule has 0 aliphatic rings. The second-order valence-corrected chi connectivity index (χ2v) is 8.47. The van der Waals surface area contributed by atoms with Gasteiger partial charge in [-0.3, -0.25) is 24.0 Å². The summed E-state index contributed by atoms with van der Waals surface area (Å²) in [6.07, 6.45) is -0.874. The van der Waals surface area contributed by atoms with Crippen molar-refractivity contribution in [1.29, 1.82) is 0 Å². The van der Waals surface area contributed by atoms with Gasteiger partial charge in [0, 0.05) is 12.8 Å². The van der Waals surface area contributed by atoms with Crippen LogP contribution in [0.5, 0.6) is 0 Å². The highest BCUT2D eigenvalue weighted by atomic mass is 16.4. The molecule has 0 bridgehead atoms. The zero-order valence-electron chi connectivity index (χ0n) is 19.4. The number of nitrogens with two attached hydrogens (primary N) is 3. The molecule has 0 radical (unpaired) electrons. The van der Waals surface area contributed by atoms with Crippen LogP contribution >= 0.6 is 0 Å². The molecule has 0 aliphatic carbocycles. The zero-order chi connectivity index (χ0) is 25.9. The van der Waals surface area contributed by atoms with E-state index >= 15 is 0 Å². The lowest BCUT2D eigenvalue weighted by molar-refractivity contribution is -0.143. The van der Waals surface area contributed by atoms with E-state index in [-0.39, 0.29) is 31.6 Å². The van der Waals surface area contributed by atoms with Crippen molar-refractivity contribution in [3.8, 4) is 0 Å². The summed E-state index contributed by atoms with van der Waals surface area (Å²) in [5.74, 6) is -5.72. The Bertz CT molecular complexity index is 740. The number of nitrogens with one attached hydrogen (secondary N) is 3. The second-order valence-electron chi connectivity index (χ2n) is 8.47. The molecule has 13 heteroatoms. The smallest absolute Gasteiger partial charge is 0.326 e. The summed E-state index contributed by atoms with van der Waals surface area (Å²) < 4.78 is 0. The topological polar surface area (TPSA) is 237 Å². The maximum atomic E-state index is 12.9. The molecule has 10 N–H and O–H groups in total. The molecule has 0 aromatic rings. The molecule has 0 heterocycles. The molecule has 188 valence electrons.